The molecule has 3 rings (SSSR count). The summed E-state index contributed by atoms with van der Waals surface area (Å²) in [5, 5.41) is 12.6. The summed E-state index contributed by atoms with van der Waals surface area (Å²) in [6, 6.07) is 8.94. The summed E-state index contributed by atoms with van der Waals surface area (Å²) in [7, 11) is 0. The van der Waals surface area contributed by atoms with Crippen molar-refractivity contribution in [3.05, 3.63) is 53.9 Å². The maximum absolute atomic E-state index is 11.7. The first kappa shape index (κ1) is 24.1. The molecule has 1 aromatic carbocycles. The quantitative estimate of drug-likeness (QED) is 0.720. The fourth-order valence-corrected chi connectivity index (χ4v) is 1.90. The zero-order valence-corrected chi connectivity index (χ0v) is 15.1. The molecule has 0 unspecified atom stereocenters. The highest BCUT2D eigenvalue weighted by Gasteiger charge is 2.30. The Bertz CT molecular complexity index is 669. The number of fused-ring (bicyclic) bond motifs is 1. The van der Waals surface area contributed by atoms with Gasteiger partial charge < -0.3 is 9.84 Å². The van der Waals surface area contributed by atoms with Gasteiger partial charge in [-0.25, -0.2) is 5.25 Å². The van der Waals surface area contributed by atoms with Crippen LogP contribution in [0.1, 0.15) is 17.7 Å². The van der Waals surface area contributed by atoms with Gasteiger partial charge >= 0.3 is 6.36 Å². The van der Waals surface area contributed by atoms with E-state index in [1.165, 1.54) is 12.1 Å². The van der Waals surface area contributed by atoms with E-state index in [9.17, 15) is 13.2 Å². The number of nitrogens with two attached hydrogens (primary N) is 1. The largest absolute Gasteiger partial charge is 0.573 e. The van der Waals surface area contributed by atoms with Crippen LogP contribution in [-0.4, -0.2) is 22.7 Å². The summed E-state index contributed by atoms with van der Waals surface area (Å²) in [5.74, 6) is -0.287. The minimum Gasteiger partial charge on any atom is -0.406 e. The normalized spacial score (nSPS) is 11.6. The number of benzene rings is 1. The van der Waals surface area contributed by atoms with Gasteiger partial charge in [0.2, 0.25) is 0 Å². The molecule has 0 saturated heterocycles. The Kier molecular flexibility index (Phi) is 11.6. The molecule has 0 spiro atoms. The second-order valence-electron chi connectivity index (χ2n) is 4.67. The van der Waals surface area contributed by atoms with Crippen molar-refractivity contribution in [3.8, 4) is 5.75 Å². The van der Waals surface area contributed by atoms with E-state index in [0.29, 0.717) is 5.56 Å². The van der Waals surface area contributed by atoms with Gasteiger partial charge in [-0.1, -0.05) is 12.1 Å². The van der Waals surface area contributed by atoms with Crippen molar-refractivity contribution in [1.29, 1.82) is 0 Å². The lowest BCUT2D eigenvalue weighted by molar-refractivity contribution is -0.274. The number of hydrogen-bond donors (Lipinski definition) is 2. The molecule has 1 aliphatic heterocycles. The SMILES string of the molecule is C1=Nc2cccnc2CC1.Cl.NCl.OCc1ccc(OC(F)(F)F)cc1. The smallest absolute Gasteiger partial charge is 0.406 e. The first-order valence-electron chi connectivity index (χ1n) is 7.12. The summed E-state index contributed by atoms with van der Waals surface area (Å²) in [5.41, 5.74) is 2.70. The molecule has 1 aromatic heterocycles. The molecule has 144 valence electrons. The van der Waals surface area contributed by atoms with Crippen LogP contribution in [0.3, 0.4) is 0 Å². The number of aliphatic hydroxyl groups excluding tert-OH is 1. The van der Waals surface area contributed by atoms with Crippen LogP contribution in [0.15, 0.2) is 47.6 Å². The molecule has 3 N–H and O–H groups in total. The topological polar surface area (TPSA) is 80.7 Å². The van der Waals surface area contributed by atoms with Gasteiger partial charge in [0, 0.05) is 12.4 Å². The number of ether oxygens (including phenoxy) is 1. The van der Waals surface area contributed by atoms with Gasteiger partial charge in [-0.15, -0.1) is 25.6 Å². The molecule has 0 amide bonds. The predicted octanol–water partition coefficient (Wildman–Crippen LogP) is 4.33. The summed E-state index contributed by atoms with van der Waals surface area (Å²) in [4.78, 5) is 8.41. The molecular weight excluding hydrogens is 394 g/mol. The van der Waals surface area contributed by atoms with E-state index in [2.05, 4.69) is 31.7 Å². The highest BCUT2D eigenvalue weighted by atomic mass is 35.5. The van der Waals surface area contributed by atoms with Crippen LogP contribution in [-0.2, 0) is 13.0 Å². The van der Waals surface area contributed by atoms with Gasteiger partial charge in [-0.2, -0.15) is 0 Å². The standard InChI is InChI=1S/C8H7F3O2.C8H8N2.ClH2N.ClH/c9-8(10,11)13-7-3-1-6(5-12)2-4-7;1-3-7-8(9-5-1)4-2-6-10-7;1-2;/h1-4,12H,5H2;1,3,5-6H,2,4H2;2H2;1H. The van der Waals surface area contributed by atoms with Gasteiger partial charge in [0.1, 0.15) is 5.75 Å². The summed E-state index contributed by atoms with van der Waals surface area (Å²) in [6.45, 7) is -0.202. The summed E-state index contributed by atoms with van der Waals surface area (Å²) < 4.78 is 38.6. The lowest BCUT2D eigenvalue weighted by Gasteiger charge is -2.08. The highest BCUT2D eigenvalue weighted by Crippen LogP contribution is 2.22. The second-order valence-corrected chi connectivity index (χ2v) is 4.67. The number of hydrogen-bond acceptors (Lipinski definition) is 5. The van der Waals surface area contributed by atoms with E-state index in [1.807, 2.05) is 24.5 Å². The number of nitrogens with zero attached hydrogens (tertiary/aromatic N) is 2. The average Bonchev–Trinajstić information content (AvgIpc) is 2.63. The molecule has 26 heavy (non-hydrogen) atoms. The van der Waals surface area contributed by atoms with Crippen molar-refractivity contribution in [2.75, 3.05) is 0 Å². The Morgan fingerprint density at radius 1 is 1.15 bits per heavy atom. The first-order chi connectivity index (χ1) is 12.0. The molecule has 0 aliphatic carbocycles. The van der Waals surface area contributed by atoms with Crippen LogP contribution >= 0.6 is 24.2 Å². The molecule has 2 aromatic rings. The molecule has 5 nitrogen and oxygen atoms in total. The zero-order valence-electron chi connectivity index (χ0n) is 13.5. The number of aliphatic hydroxyl groups is 1. The predicted molar refractivity (Wildman–Crippen MR) is 97.0 cm³/mol. The minimum absolute atomic E-state index is 0. The number of pyridine rings is 1. The third kappa shape index (κ3) is 9.00. The number of rotatable bonds is 2. The number of aryl methyl sites for hydroxylation is 1. The van der Waals surface area contributed by atoms with Crippen molar-refractivity contribution < 1.29 is 23.0 Å². The van der Waals surface area contributed by atoms with Crippen LogP contribution in [0.4, 0.5) is 18.9 Å². The van der Waals surface area contributed by atoms with Crippen molar-refractivity contribution in [1.82, 2.24) is 4.98 Å². The van der Waals surface area contributed by atoms with E-state index < -0.39 is 6.36 Å². The lowest BCUT2D eigenvalue weighted by atomic mass is 10.1. The van der Waals surface area contributed by atoms with Gasteiger partial charge in [0.15, 0.2) is 0 Å². The van der Waals surface area contributed by atoms with Crippen LogP contribution in [0.5, 0.6) is 5.75 Å². The van der Waals surface area contributed by atoms with Crippen molar-refractivity contribution in [2.24, 2.45) is 10.2 Å². The van der Waals surface area contributed by atoms with Crippen LogP contribution in [0.2, 0.25) is 0 Å². The number of aromatic nitrogens is 1. The van der Waals surface area contributed by atoms with E-state index >= 15 is 0 Å². The Morgan fingerprint density at radius 3 is 2.35 bits per heavy atom. The molecule has 1 aliphatic rings. The second kappa shape index (κ2) is 12.5. The van der Waals surface area contributed by atoms with Gasteiger partial charge in [-0.3, -0.25) is 9.98 Å². The van der Waals surface area contributed by atoms with Gasteiger partial charge in [0.05, 0.1) is 18.0 Å². The maximum atomic E-state index is 11.7. The van der Waals surface area contributed by atoms with E-state index in [4.69, 9.17) is 5.11 Å². The maximum Gasteiger partial charge on any atom is 0.573 e. The fourth-order valence-electron chi connectivity index (χ4n) is 1.90. The molecule has 0 radical (unpaired) electrons. The zero-order chi connectivity index (χ0) is 18.7. The molecular formula is C16H18Cl2F3N3O2. The molecule has 0 atom stereocenters. The van der Waals surface area contributed by atoms with E-state index in [0.717, 1.165) is 36.4 Å². The first-order valence-corrected chi connectivity index (χ1v) is 7.55. The van der Waals surface area contributed by atoms with Gasteiger partial charge in [-0.05, 0) is 54.4 Å². The number of alkyl halides is 3. The Hall–Kier alpha value is -1.87. The highest BCUT2D eigenvalue weighted by molar-refractivity contribution is 6.11. The number of halogens is 5. The van der Waals surface area contributed by atoms with Crippen molar-refractivity contribution in [3.63, 3.8) is 0 Å². The summed E-state index contributed by atoms with van der Waals surface area (Å²) in [6.07, 6.45) is 1.17. The minimum atomic E-state index is -4.67. The third-order valence-corrected chi connectivity index (χ3v) is 2.95. The molecule has 0 saturated carbocycles. The van der Waals surface area contributed by atoms with Crippen LogP contribution in [0.25, 0.3) is 0 Å². The van der Waals surface area contributed by atoms with Gasteiger partial charge in [0.25, 0.3) is 0 Å². The fraction of sp³-hybridized carbons (Fsp3) is 0.250. The molecule has 2 heterocycles. The van der Waals surface area contributed by atoms with E-state index in [1.54, 1.807) is 0 Å². The average molecular weight is 412 g/mol. The Morgan fingerprint density at radius 2 is 1.81 bits per heavy atom. The van der Waals surface area contributed by atoms with Crippen molar-refractivity contribution >= 4 is 36.1 Å². The number of aliphatic imine (C=N–C) groups is 1. The van der Waals surface area contributed by atoms with Crippen LogP contribution < -0.4 is 9.99 Å². The summed E-state index contributed by atoms with van der Waals surface area (Å²) >= 11 is 4.14. The molecule has 10 heteroatoms. The Labute approximate surface area is 160 Å². The van der Waals surface area contributed by atoms with E-state index in [-0.39, 0.29) is 24.8 Å². The van der Waals surface area contributed by atoms with Crippen molar-refractivity contribution in [2.45, 2.75) is 25.8 Å². The van der Waals surface area contributed by atoms with Crippen LogP contribution in [0, 0.1) is 0 Å². The molecule has 0 bridgehead atoms. The monoisotopic (exact) mass is 411 g/mol. The lowest BCUT2D eigenvalue weighted by Crippen LogP contribution is -2.16. The Balaban J connectivity index is 0.000000432. The molecule has 0 fully saturated rings. The third-order valence-electron chi connectivity index (χ3n) is 2.95.